The molecule has 1 atom stereocenters. The second-order valence-corrected chi connectivity index (χ2v) is 7.38. The predicted octanol–water partition coefficient (Wildman–Crippen LogP) is 3.34. The summed E-state index contributed by atoms with van der Waals surface area (Å²) in [5.74, 6) is 0.601. The van der Waals surface area contributed by atoms with Crippen LogP contribution in [0.25, 0.3) is 5.69 Å². The van der Waals surface area contributed by atoms with Crippen LogP contribution in [0, 0.1) is 5.92 Å². The number of carboxylic acid groups (broad SMARTS) is 1. The molecule has 6 nitrogen and oxygen atoms in total. The number of carboxylic acids is 1. The molecule has 0 saturated heterocycles. The molecule has 24 heavy (non-hydrogen) atoms. The Hall–Kier alpha value is -2.28. The Kier molecular flexibility index (Phi) is 4.62. The van der Waals surface area contributed by atoms with E-state index in [1.54, 1.807) is 34.8 Å². The number of thioether (sulfide) groups is 1. The summed E-state index contributed by atoms with van der Waals surface area (Å²) in [6, 6.07) is 6.45. The summed E-state index contributed by atoms with van der Waals surface area (Å²) in [6.45, 7) is 4.32. The van der Waals surface area contributed by atoms with E-state index in [0.717, 1.165) is 17.7 Å². The number of benzene rings is 1. The van der Waals surface area contributed by atoms with Gasteiger partial charge < -0.3 is 10.4 Å². The number of aromatic nitrogens is 2. The van der Waals surface area contributed by atoms with Crippen LogP contribution < -0.4 is 5.32 Å². The van der Waals surface area contributed by atoms with Gasteiger partial charge in [0.1, 0.15) is 5.82 Å². The van der Waals surface area contributed by atoms with Gasteiger partial charge in [0.25, 0.3) is 0 Å². The number of carbonyl (C=O) groups is 2. The Labute approximate surface area is 144 Å². The van der Waals surface area contributed by atoms with E-state index in [9.17, 15) is 9.59 Å². The van der Waals surface area contributed by atoms with Gasteiger partial charge in [0, 0.05) is 10.8 Å². The first-order valence-corrected chi connectivity index (χ1v) is 8.83. The maximum Gasteiger partial charge on any atom is 0.335 e. The first kappa shape index (κ1) is 16.6. The van der Waals surface area contributed by atoms with Gasteiger partial charge in [-0.2, -0.15) is 5.10 Å². The number of aromatic carboxylic acids is 1. The molecule has 1 aromatic heterocycles. The molecular weight excluding hydrogens is 326 g/mol. The fourth-order valence-corrected chi connectivity index (χ4v) is 4.02. The SMILES string of the molecule is CC(C)CC1SCC(=O)Nc2c1cnn2-c1ccc(C(=O)O)cc1. The predicted molar refractivity (Wildman–Crippen MR) is 93.8 cm³/mol. The minimum Gasteiger partial charge on any atom is -0.478 e. The Balaban J connectivity index is 2.00. The number of anilines is 1. The van der Waals surface area contributed by atoms with E-state index in [1.165, 1.54) is 12.1 Å². The zero-order valence-electron chi connectivity index (χ0n) is 13.5. The highest BCUT2D eigenvalue weighted by Gasteiger charge is 2.27. The van der Waals surface area contributed by atoms with E-state index in [4.69, 9.17) is 5.11 Å². The third-order valence-electron chi connectivity index (χ3n) is 3.86. The number of carbonyl (C=O) groups excluding carboxylic acids is 1. The molecule has 126 valence electrons. The van der Waals surface area contributed by atoms with Gasteiger partial charge in [-0.25, -0.2) is 9.48 Å². The zero-order chi connectivity index (χ0) is 17.3. The topological polar surface area (TPSA) is 84.2 Å². The Morgan fingerprint density at radius 2 is 2.12 bits per heavy atom. The van der Waals surface area contributed by atoms with Crippen LogP contribution in [0.3, 0.4) is 0 Å². The summed E-state index contributed by atoms with van der Waals surface area (Å²) >= 11 is 1.63. The first-order valence-electron chi connectivity index (χ1n) is 7.79. The Bertz CT molecular complexity index is 768. The fourth-order valence-electron chi connectivity index (χ4n) is 2.72. The molecule has 0 spiro atoms. The number of fused-ring (bicyclic) bond motifs is 1. The minimum atomic E-state index is -0.970. The third kappa shape index (κ3) is 3.31. The van der Waals surface area contributed by atoms with Crippen molar-refractivity contribution < 1.29 is 14.7 Å². The van der Waals surface area contributed by atoms with Gasteiger partial charge in [0.15, 0.2) is 0 Å². The van der Waals surface area contributed by atoms with Crippen molar-refractivity contribution in [1.29, 1.82) is 0 Å². The lowest BCUT2D eigenvalue weighted by molar-refractivity contribution is -0.113. The average molecular weight is 345 g/mol. The van der Waals surface area contributed by atoms with Gasteiger partial charge in [-0.05, 0) is 36.6 Å². The molecule has 0 aliphatic carbocycles. The molecule has 1 unspecified atom stereocenters. The molecule has 0 fully saturated rings. The van der Waals surface area contributed by atoms with Crippen molar-refractivity contribution in [1.82, 2.24) is 9.78 Å². The number of nitrogens with one attached hydrogen (secondary N) is 1. The van der Waals surface area contributed by atoms with Crippen molar-refractivity contribution in [3.8, 4) is 5.69 Å². The Morgan fingerprint density at radius 1 is 1.42 bits per heavy atom. The van der Waals surface area contributed by atoms with Crippen molar-refractivity contribution in [2.45, 2.75) is 25.5 Å². The van der Waals surface area contributed by atoms with Crippen LogP contribution in [0.5, 0.6) is 0 Å². The lowest BCUT2D eigenvalue weighted by Gasteiger charge is -2.15. The second kappa shape index (κ2) is 6.68. The molecule has 2 heterocycles. The van der Waals surface area contributed by atoms with Crippen LogP contribution >= 0.6 is 11.8 Å². The van der Waals surface area contributed by atoms with Crippen LogP contribution in [0.4, 0.5) is 5.82 Å². The van der Waals surface area contributed by atoms with Crippen LogP contribution in [-0.4, -0.2) is 32.5 Å². The molecule has 3 rings (SSSR count). The molecular formula is C17H19N3O3S. The average Bonchev–Trinajstić information content (AvgIpc) is 2.88. The van der Waals surface area contributed by atoms with Gasteiger partial charge in [-0.3, -0.25) is 4.79 Å². The second-order valence-electron chi connectivity index (χ2n) is 6.19. The highest BCUT2D eigenvalue weighted by Crippen LogP contribution is 2.41. The molecule has 2 aromatic rings. The van der Waals surface area contributed by atoms with E-state index in [0.29, 0.717) is 17.5 Å². The first-order chi connectivity index (χ1) is 11.5. The number of nitrogens with zero attached hydrogens (tertiary/aromatic N) is 2. The van der Waals surface area contributed by atoms with E-state index >= 15 is 0 Å². The molecule has 0 saturated carbocycles. The lowest BCUT2D eigenvalue weighted by atomic mass is 10.0. The number of amides is 1. The van der Waals surface area contributed by atoms with E-state index in [-0.39, 0.29) is 16.7 Å². The number of rotatable bonds is 4. The van der Waals surface area contributed by atoms with Gasteiger partial charge in [-0.1, -0.05) is 13.8 Å². The number of hydrogen-bond acceptors (Lipinski definition) is 4. The van der Waals surface area contributed by atoms with Crippen molar-refractivity contribution in [3.05, 3.63) is 41.6 Å². The Morgan fingerprint density at radius 3 is 2.75 bits per heavy atom. The quantitative estimate of drug-likeness (QED) is 0.888. The van der Waals surface area contributed by atoms with Gasteiger partial charge >= 0.3 is 5.97 Å². The molecule has 0 bridgehead atoms. The summed E-state index contributed by atoms with van der Waals surface area (Å²) in [5, 5.41) is 16.6. The number of hydrogen-bond donors (Lipinski definition) is 2. The minimum absolute atomic E-state index is 0.0450. The monoisotopic (exact) mass is 345 g/mol. The van der Waals surface area contributed by atoms with Crippen LogP contribution in [0.2, 0.25) is 0 Å². The van der Waals surface area contributed by atoms with Gasteiger partial charge in [0.2, 0.25) is 5.91 Å². The normalized spacial score (nSPS) is 17.3. The summed E-state index contributed by atoms with van der Waals surface area (Å²) in [5.41, 5.74) is 1.95. The molecule has 0 radical (unpaired) electrons. The van der Waals surface area contributed by atoms with Gasteiger partial charge in [0.05, 0.1) is 23.2 Å². The highest BCUT2D eigenvalue weighted by molar-refractivity contribution is 8.00. The molecule has 1 aliphatic rings. The fraction of sp³-hybridized carbons (Fsp3) is 0.353. The summed E-state index contributed by atoms with van der Waals surface area (Å²) in [7, 11) is 0. The van der Waals surface area contributed by atoms with Crippen LogP contribution in [-0.2, 0) is 4.79 Å². The zero-order valence-corrected chi connectivity index (χ0v) is 14.3. The van der Waals surface area contributed by atoms with E-state index in [2.05, 4.69) is 24.3 Å². The van der Waals surface area contributed by atoms with Gasteiger partial charge in [-0.15, -0.1) is 11.8 Å². The molecule has 2 N–H and O–H groups in total. The molecule has 1 amide bonds. The van der Waals surface area contributed by atoms with Crippen molar-refractivity contribution >= 4 is 29.5 Å². The molecule has 1 aromatic carbocycles. The van der Waals surface area contributed by atoms with Crippen LogP contribution in [0.1, 0.15) is 41.4 Å². The van der Waals surface area contributed by atoms with Crippen molar-refractivity contribution in [2.24, 2.45) is 5.92 Å². The highest BCUT2D eigenvalue weighted by atomic mass is 32.2. The van der Waals surface area contributed by atoms with Crippen LogP contribution in [0.15, 0.2) is 30.5 Å². The largest absolute Gasteiger partial charge is 0.478 e. The third-order valence-corrected chi connectivity index (χ3v) is 5.14. The standard InChI is InChI=1S/C17H19N3O3S/c1-10(2)7-14-13-8-18-20(16(13)19-15(21)9-24-14)12-5-3-11(4-6-12)17(22)23/h3-6,8,10,14H,7,9H2,1-2H3,(H,19,21)(H,22,23). The lowest BCUT2D eigenvalue weighted by Crippen LogP contribution is -2.15. The molecule has 1 aliphatic heterocycles. The van der Waals surface area contributed by atoms with Crippen molar-refractivity contribution in [3.63, 3.8) is 0 Å². The summed E-state index contributed by atoms with van der Waals surface area (Å²) in [6.07, 6.45) is 2.77. The van der Waals surface area contributed by atoms with E-state index < -0.39 is 5.97 Å². The maximum atomic E-state index is 12.1. The summed E-state index contributed by atoms with van der Waals surface area (Å²) < 4.78 is 1.66. The summed E-state index contributed by atoms with van der Waals surface area (Å²) in [4.78, 5) is 23.0. The smallest absolute Gasteiger partial charge is 0.335 e. The van der Waals surface area contributed by atoms with E-state index in [1.807, 2.05) is 0 Å². The maximum absolute atomic E-state index is 12.1. The van der Waals surface area contributed by atoms with Crippen molar-refractivity contribution in [2.75, 3.05) is 11.1 Å². The molecule has 7 heteroatoms.